The van der Waals surface area contributed by atoms with Gasteiger partial charge in [-0.1, -0.05) is 54.6 Å². The number of aliphatic hydroxyl groups excluding tert-OH is 2. The summed E-state index contributed by atoms with van der Waals surface area (Å²) in [6, 6.07) is 10.2. The van der Waals surface area contributed by atoms with Gasteiger partial charge in [-0.3, -0.25) is 4.79 Å². The van der Waals surface area contributed by atoms with Crippen LogP contribution in [0.1, 0.15) is 56.9 Å². The van der Waals surface area contributed by atoms with E-state index in [-0.39, 0.29) is 30.2 Å². The normalized spacial score (nSPS) is 28.5. The van der Waals surface area contributed by atoms with Crippen molar-refractivity contribution in [1.29, 1.82) is 0 Å². The highest BCUT2D eigenvalue weighted by Gasteiger charge is 2.39. The van der Waals surface area contributed by atoms with Crippen LogP contribution >= 0.6 is 0 Å². The minimum absolute atomic E-state index is 0.0496. The van der Waals surface area contributed by atoms with Gasteiger partial charge in [0.1, 0.15) is 0 Å². The molecule has 1 unspecified atom stereocenters. The molecule has 2 fully saturated rings. The maximum absolute atomic E-state index is 11.2. The van der Waals surface area contributed by atoms with Gasteiger partial charge >= 0.3 is 5.97 Å². The number of esters is 1. The molecule has 188 valence electrons. The first-order valence-corrected chi connectivity index (χ1v) is 12.6. The summed E-state index contributed by atoms with van der Waals surface area (Å²) in [5.74, 6) is -0.380. The van der Waals surface area contributed by atoms with Crippen molar-refractivity contribution in [3.63, 3.8) is 0 Å². The maximum Gasteiger partial charge on any atom is 0.305 e. The fraction of sp³-hybridized carbons (Fsp3) is 0.607. The number of allylic oxidation sites excluding steroid dienone is 2. The number of carbonyl (C=O) groups is 1. The second kappa shape index (κ2) is 14.4. The number of carbonyl (C=O) groups excluding carboxylic acids is 1. The summed E-state index contributed by atoms with van der Waals surface area (Å²) in [6.45, 7) is 0.730. The highest BCUT2D eigenvalue weighted by molar-refractivity contribution is 5.69. The average molecular weight is 473 g/mol. The van der Waals surface area contributed by atoms with E-state index in [0.29, 0.717) is 19.3 Å². The molecule has 0 radical (unpaired) electrons. The molecule has 0 amide bonds. The third kappa shape index (κ3) is 8.66. The van der Waals surface area contributed by atoms with Crippen molar-refractivity contribution in [1.82, 2.24) is 0 Å². The van der Waals surface area contributed by atoms with Gasteiger partial charge in [0.25, 0.3) is 0 Å². The predicted molar refractivity (Wildman–Crippen MR) is 131 cm³/mol. The fourth-order valence-electron chi connectivity index (χ4n) is 4.82. The predicted octanol–water partition coefficient (Wildman–Crippen LogP) is 4.34. The molecule has 1 saturated heterocycles. The van der Waals surface area contributed by atoms with E-state index in [1.54, 1.807) is 0 Å². The van der Waals surface area contributed by atoms with E-state index in [1.807, 2.05) is 36.4 Å². The Hall–Kier alpha value is -1.99. The van der Waals surface area contributed by atoms with Crippen LogP contribution in [0.3, 0.4) is 0 Å². The van der Waals surface area contributed by atoms with Crippen LogP contribution in [0.25, 0.3) is 0 Å². The zero-order chi connectivity index (χ0) is 24.2. The Kier molecular flexibility index (Phi) is 11.3. The zero-order valence-corrected chi connectivity index (χ0v) is 20.3. The first-order chi connectivity index (χ1) is 16.6. The highest BCUT2D eigenvalue weighted by atomic mass is 16.7. The van der Waals surface area contributed by atoms with Crippen LogP contribution in [0.15, 0.2) is 54.6 Å². The Morgan fingerprint density at radius 2 is 2.00 bits per heavy atom. The Labute approximate surface area is 203 Å². The van der Waals surface area contributed by atoms with Gasteiger partial charge in [0.15, 0.2) is 6.29 Å². The van der Waals surface area contributed by atoms with E-state index in [0.717, 1.165) is 45.1 Å². The van der Waals surface area contributed by atoms with E-state index >= 15 is 0 Å². The summed E-state index contributed by atoms with van der Waals surface area (Å²) in [7, 11) is 1.40. The number of benzene rings is 1. The van der Waals surface area contributed by atoms with E-state index in [2.05, 4.69) is 22.9 Å². The Morgan fingerprint density at radius 1 is 1.18 bits per heavy atom. The molecule has 2 N–H and O–H groups in total. The lowest BCUT2D eigenvalue weighted by Gasteiger charge is -2.27. The van der Waals surface area contributed by atoms with Crippen LogP contribution in [-0.2, 0) is 25.4 Å². The van der Waals surface area contributed by atoms with Gasteiger partial charge in [-0.2, -0.15) is 0 Å². The van der Waals surface area contributed by atoms with Crippen LogP contribution in [0.2, 0.25) is 0 Å². The lowest BCUT2D eigenvalue weighted by molar-refractivity contribution is -0.178. The van der Waals surface area contributed by atoms with Crippen molar-refractivity contribution in [2.24, 2.45) is 11.8 Å². The van der Waals surface area contributed by atoms with Crippen LogP contribution in [0.5, 0.6) is 0 Å². The SMILES string of the molecule is COC(=O)CCCC=CC[C@@H]1[C@@H](C=C[C@H](Cc2ccccc2)OC2CCCCO2)[C@H](O)C[C@@H]1O. The molecule has 6 heteroatoms. The molecule has 2 aliphatic rings. The zero-order valence-electron chi connectivity index (χ0n) is 20.3. The molecule has 34 heavy (non-hydrogen) atoms. The van der Waals surface area contributed by atoms with E-state index in [1.165, 1.54) is 12.7 Å². The number of hydrogen-bond donors (Lipinski definition) is 2. The molecule has 6 nitrogen and oxygen atoms in total. The summed E-state index contributed by atoms with van der Waals surface area (Å²) in [5.41, 5.74) is 1.19. The minimum atomic E-state index is -0.577. The van der Waals surface area contributed by atoms with Crippen LogP contribution in [-0.4, -0.2) is 54.5 Å². The van der Waals surface area contributed by atoms with Crippen molar-refractivity contribution in [3.05, 3.63) is 60.2 Å². The van der Waals surface area contributed by atoms with E-state index in [9.17, 15) is 15.0 Å². The topological polar surface area (TPSA) is 85.2 Å². The van der Waals surface area contributed by atoms with Gasteiger partial charge in [-0.05, 0) is 50.0 Å². The second-order valence-electron chi connectivity index (χ2n) is 9.33. The maximum atomic E-state index is 11.2. The minimum Gasteiger partial charge on any atom is -0.469 e. The molecule has 0 bridgehead atoms. The Balaban J connectivity index is 1.60. The first kappa shape index (κ1) is 26.6. The summed E-state index contributed by atoms with van der Waals surface area (Å²) in [6.07, 6.45) is 13.5. The Morgan fingerprint density at radius 3 is 2.74 bits per heavy atom. The molecule has 1 aliphatic heterocycles. The lowest BCUT2D eigenvalue weighted by atomic mass is 9.89. The first-order valence-electron chi connectivity index (χ1n) is 12.6. The molecule has 3 rings (SSSR count). The quantitative estimate of drug-likeness (QED) is 0.267. The van der Waals surface area contributed by atoms with Crippen molar-refractivity contribution in [2.75, 3.05) is 13.7 Å². The van der Waals surface area contributed by atoms with Gasteiger partial charge in [-0.15, -0.1) is 0 Å². The number of unbranched alkanes of at least 4 members (excludes halogenated alkanes) is 1. The van der Waals surface area contributed by atoms with Crippen molar-refractivity contribution in [3.8, 4) is 0 Å². The number of hydrogen-bond acceptors (Lipinski definition) is 6. The standard InChI is InChI=1S/C28H40O6/c1-32-27(31)14-8-3-2-7-13-23-24(26(30)20-25(23)29)17-16-22(19-21-11-5-4-6-12-21)34-28-15-9-10-18-33-28/h2,4-7,11-12,16-17,22-26,28-30H,3,8-10,13-15,18-20H2,1H3/t22-,23-,24-,25+,26-,28?/m1/s1. The monoisotopic (exact) mass is 472 g/mol. The van der Waals surface area contributed by atoms with Gasteiger partial charge in [0.05, 0.1) is 25.4 Å². The van der Waals surface area contributed by atoms with E-state index in [4.69, 9.17) is 9.47 Å². The lowest BCUT2D eigenvalue weighted by Crippen LogP contribution is -2.28. The summed E-state index contributed by atoms with van der Waals surface area (Å²) in [5, 5.41) is 21.2. The summed E-state index contributed by atoms with van der Waals surface area (Å²) in [4.78, 5) is 11.2. The van der Waals surface area contributed by atoms with E-state index < -0.39 is 12.2 Å². The van der Waals surface area contributed by atoms with Crippen LogP contribution < -0.4 is 0 Å². The molecule has 6 atom stereocenters. The second-order valence-corrected chi connectivity index (χ2v) is 9.33. The third-order valence-electron chi connectivity index (χ3n) is 6.76. The summed E-state index contributed by atoms with van der Waals surface area (Å²) >= 11 is 0. The smallest absolute Gasteiger partial charge is 0.305 e. The van der Waals surface area contributed by atoms with Crippen molar-refractivity contribution >= 4 is 5.97 Å². The molecule has 1 saturated carbocycles. The highest BCUT2D eigenvalue weighted by Crippen LogP contribution is 2.36. The third-order valence-corrected chi connectivity index (χ3v) is 6.76. The largest absolute Gasteiger partial charge is 0.469 e. The molecule has 1 heterocycles. The molecular weight excluding hydrogens is 432 g/mol. The molecule has 0 spiro atoms. The summed E-state index contributed by atoms with van der Waals surface area (Å²) < 4.78 is 16.8. The molecule has 1 aromatic rings. The fourth-order valence-corrected chi connectivity index (χ4v) is 4.82. The number of aliphatic hydroxyl groups is 2. The van der Waals surface area contributed by atoms with Crippen LogP contribution in [0.4, 0.5) is 0 Å². The van der Waals surface area contributed by atoms with Gasteiger partial charge in [-0.25, -0.2) is 0 Å². The van der Waals surface area contributed by atoms with Crippen molar-refractivity contribution in [2.45, 2.75) is 82.4 Å². The average Bonchev–Trinajstić information content (AvgIpc) is 3.12. The van der Waals surface area contributed by atoms with Crippen LogP contribution in [0, 0.1) is 11.8 Å². The number of methoxy groups -OCH3 is 1. The van der Waals surface area contributed by atoms with Gasteiger partial charge in [0, 0.05) is 31.8 Å². The molecular formula is C28H40O6. The molecule has 1 aromatic carbocycles. The molecule has 0 aromatic heterocycles. The van der Waals surface area contributed by atoms with Gasteiger partial charge < -0.3 is 24.4 Å². The van der Waals surface area contributed by atoms with Crippen molar-refractivity contribution < 1.29 is 29.2 Å². The Bertz CT molecular complexity index is 770. The molecule has 1 aliphatic carbocycles. The number of rotatable bonds is 12. The number of ether oxygens (including phenoxy) is 3. The van der Waals surface area contributed by atoms with Gasteiger partial charge in [0.2, 0.25) is 0 Å².